The van der Waals surface area contributed by atoms with Gasteiger partial charge in [-0.05, 0) is 48.9 Å². The first-order chi connectivity index (χ1) is 13.8. The van der Waals surface area contributed by atoms with Gasteiger partial charge in [0, 0.05) is 12.1 Å². The molecule has 3 rings (SSSR count). The lowest BCUT2D eigenvalue weighted by atomic mass is 10.1. The van der Waals surface area contributed by atoms with Gasteiger partial charge in [-0.15, -0.1) is 0 Å². The van der Waals surface area contributed by atoms with Crippen LogP contribution in [0.15, 0.2) is 53.4 Å². The third-order valence-electron chi connectivity index (χ3n) is 4.62. The number of benzene rings is 2. The fourth-order valence-corrected chi connectivity index (χ4v) is 3.97. The van der Waals surface area contributed by atoms with E-state index in [-0.39, 0.29) is 23.5 Å². The maximum atomic E-state index is 12.7. The van der Waals surface area contributed by atoms with Gasteiger partial charge in [0.05, 0.1) is 11.5 Å². The Morgan fingerprint density at radius 2 is 1.83 bits per heavy atom. The van der Waals surface area contributed by atoms with Gasteiger partial charge in [0.1, 0.15) is 6.54 Å². The highest BCUT2D eigenvalue weighted by atomic mass is 32.2. The largest absolute Gasteiger partial charge is 0.464 e. The topological polar surface area (TPSA) is 102 Å². The average molecular weight is 416 g/mol. The third kappa shape index (κ3) is 6.13. The SMILES string of the molecule is Cc1ccc(C(=O)NCC(=O)OCC2CC2)cc1S(=O)(=O)NCc1ccccc1. The first kappa shape index (κ1) is 21.0. The number of aryl methyl sites for hydroxylation is 1. The molecule has 1 amide bonds. The van der Waals surface area contributed by atoms with Crippen LogP contribution in [0, 0.1) is 12.8 Å². The van der Waals surface area contributed by atoms with Gasteiger partial charge in [-0.2, -0.15) is 0 Å². The fourth-order valence-electron chi connectivity index (χ4n) is 2.68. The summed E-state index contributed by atoms with van der Waals surface area (Å²) in [5.74, 6) is -0.592. The predicted octanol–water partition coefficient (Wildman–Crippen LogP) is 2.16. The summed E-state index contributed by atoms with van der Waals surface area (Å²) in [5, 5.41) is 2.47. The van der Waals surface area contributed by atoms with E-state index in [1.54, 1.807) is 13.0 Å². The molecule has 0 spiro atoms. The highest BCUT2D eigenvalue weighted by Gasteiger charge is 2.23. The Kier molecular flexibility index (Phi) is 6.66. The molecule has 0 unspecified atom stereocenters. The molecule has 1 aliphatic carbocycles. The van der Waals surface area contributed by atoms with E-state index in [4.69, 9.17) is 4.74 Å². The number of carbonyl (C=O) groups excluding carboxylic acids is 2. The van der Waals surface area contributed by atoms with Crippen LogP contribution in [0.4, 0.5) is 0 Å². The third-order valence-corrected chi connectivity index (χ3v) is 6.16. The summed E-state index contributed by atoms with van der Waals surface area (Å²) >= 11 is 0. The van der Waals surface area contributed by atoms with Gasteiger partial charge < -0.3 is 10.1 Å². The molecule has 2 aromatic carbocycles. The number of sulfonamides is 1. The number of carbonyl (C=O) groups is 2. The van der Waals surface area contributed by atoms with Crippen LogP contribution in [-0.2, 0) is 26.1 Å². The predicted molar refractivity (Wildman–Crippen MR) is 108 cm³/mol. The summed E-state index contributed by atoms with van der Waals surface area (Å²) in [7, 11) is -3.81. The Morgan fingerprint density at radius 3 is 2.52 bits per heavy atom. The van der Waals surface area contributed by atoms with Crippen LogP contribution in [0.5, 0.6) is 0 Å². The quantitative estimate of drug-likeness (QED) is 0.610. The lowest BCUT2D eigenvalue weighted by Gasteiger charge is -2.12. The summed E-state index contributed by atoms with van der Waals surface area (Å²) in [6.45, 7) is 1.93. The molecule has 2 aromatic rings. The van der Waals surface area contributed by atoms with E-state index in [1.807, 2.05) is 30.3 Å². The second kappa shape index (κ2) is 9.19. The van der Waals surface area contributed by atoms with E-state index in [2.05, 4.69) is 10.0 Å². The van der Waals surface area contributed by atoms with Crippen LogP contribution in [-0.4, -0.2) is 33.4 Å². The van der Waals surface area contributed by atoms with Gasteiger partial charge in [0.25, 0.3) is 5.91 Å². The Balaban J connectivity index is 1.63. The molecule has 0 heterocycles. The Bertz CT molecular complexity index is 985. The van der Waals surface area contributed by atoms with Crippen LogP contribution in [0.1, 0.15) is 34.3 Å². The number of ether oxygens (including phenoxy) is 1. The Labute approximate surface area is 170 Å². The summed E-state index contributed by atoms with van der Waals surface area (Å²) in [6, 6.07) is 13.6. The van der Waals surface area contributed by atoms with Crippen molar-refractivity contribution in [3.8, 4) is 0 Å². The maximum Gasteiger partial charge on any atom is 0.325 e. The molecular formula is C21H24N2O5S. The summed E-state index contributed by atoms with van der Waals surface area (Å²) in [5.41, 5.74) is 1.50. The highest BCUT2D eigenvalue weighted by Crippen LogP contribution is 2.28. The minimum Gasteiger partial charge on any atom is -0.464 e. The van der Waals surface area contributed by atoms with Crippen molar-refractivity contribution in [3.05, 3.63) is 65.2 Å². The second-order valence-corrected chi connectivity index (χ2v) is 8.83. The van der Waals surface area contributed by atoms with Crippen LogP contribution in [0.3, 0.4) is 0 Å². The monoisotopic (exact) mass is 416 g/mol. The number of hydrogen-bond donors (Lipinski definition) is 2. The van der Waals surface area contributed by atoms with Crippen LogP contribution >= 0.6 is 0 Å². The number of hydrogen-bond acceptors (Lipinski definition) is 5. The first-order valence-corrected chi connectivity index (χ1v) is 10.9. The van der Waals surface area contributed by atoms with Crippen molar-refractivity contribution in [2.45, 2.75) is 31.2 Å². The Morgan fingerprint density at radius 1 is 1.10 bits per heavy atom. The van der Waals surface area contributed by atoms with Crippen molar-refractivity contribution >= 4 is 21.9 Å². The molecule has 2 N–H and O–H groups in total. The average Bonchev–Trinajstić information content (AvgIpc) is 3.54. The molecule has 1 saturated carbocycles. The summed E-state index contributed by atoms with van der Waals surface area (Å²) in [4.78, 5) is 24.0. The standard InChI is InChI=1S/C21H24N2O5S/c1-15-7-10-18(21(25)22-13-20(24)28-14-17-8-9-17)11-19(15)29(26,27)23-12-16-5-3-2-4-6-16/h2-7,10-11,17,23H,8-9,12-14H2,1H3,(H,22,25). The first-order valence-electron chi connectivity index (χ1n) is 9.43. The van der Waals surface area contributed by atoms with Gasteiger partial charge in [0.15, 0.2) is 0 Å². The van der Waals surface area contributed by atoms with Gasteiger partial charge in [-0.25, -0.2) is 13.1 Å². The number of nitrogens with one attached hydrogen (secondary N) is 2. The van der Waals surface area contributed by atoms with Crippen LogP contribution in [0.2, 0.25) is 0 Å². The van der Waals surface area contributed by atoms with E-state index in [1.165, 1.54) is 12.1 Å². The van der Waals surface area contributed by atoms with Crippen LogP contribution < -0.4 is 10.0 Å². The van der Waals surface area contributed by atoms with Crippen molar-refractivity contribution in [1.82, 2.24) is 10.0 Å². The molecule has 1 fully saturated rings. The molecule has 8 heteroatoms. The van der Waals surface area contributed by atoms with E-state index in [0.717, 1.165) is 18.4 Å². The highest BCUT2D eigenvalue weighted by molar-refractivity contribution is 7.89. The molecule has 29 heavy (non-hydrogen) atoms. The minimum atomic E-state index is -3.81. The molecule has 0 saturated heterocycles. The molecule has 7 nitrogen and oxygen atoms in total. The smallest absolute Gasteiger partial charge is 0.325 e. The Hall–Kier alpha value is -2.71. The summed E-state index contributed by atoms with van der Waals surface area (Å²) < 4.78 is 33.0. The zero-order valence-corrected chi connectivity index (χ0v) is 17.0. The lowest BCUT2D eigenvalue weighted by molar-refractivity contribution is -0.142. The normalized spacial score (nSPS) is 13.7. The molecule has 154 valence electrons. The van der Waals surface area contributed by atoms with E-state index < -0.39 is 21.9 Å². The van der Waals surface area contributed by atoms with Crippen molar-refractivity contribution in [2.24, 2.45) is 5.92 Å². The number of amides is 1. The zero-order chi connectivity index (χ0) is 20.9. The van der Waals surface area contributed by atoms with Crippen molar-refractivity contribution in [1.29, 1.82) is 0 Å². The van der Waals surface area contributed by atoms with E-state index in [0.29, 0.717) is 18.1 Å². The molecule has 0 atom stereocenters. The molecule has 0 aromatic heterocycles. The van der Waals surface area contributed by atoms with Crippen molar-refractivity contribution < 1.29 is 22.7 Å². The van der Waals surface area contributed by atoms with Gasteiger partial charge >= 0.3 is 5.97 Å². The molecule has 0 bridgehead atoms. The lowest BCUT2D eigenvalue weighted by Crippen LogP contribution is -2.31. The van der Waals surface area contributed by atoms with Gasteiger partial charge in [-0.1, -0.05) is 36.4 Å². The molecule has 1 aliphatic rings. The fraction of sp³-hybridized carbons (Fsp3) is 0.333. The van der Waals surface area contributed by atoms with E-state index >= 15 is 0 Å². The van der Waals surface area contributed by atoms with Gasteiger partial charge in [-0.3, -0.25) is 9.59 Å². The molecular weight excluding hydrogens is 392 g/mol. The number of esters is 1. The number of rotatable bonds is 9. The zero-order valence-electron chi connectivity index (χ0n) is 16.2. The molecule has 0 aliphatic heterocycles. The van der Waals surface area contributed by atoms with Crippen molar-refractivity contribution in [2.75, 3.05) is 13.2 Å². The molecule has 0 radical (unpaired) electrons. The van der Waals surface area contributed by atoms with Crippen molar-refractivity contribution in [3.63, 3.8) is 0 Å². The minimum absolute atomic E-state index is 0.0254. The van der Waals surface area contributed by atoms with Crippen LogP contribution in [0.25, 0.3) is 0 Å². The summed E-state index contributed by atoms with van der Waals surface area (Å²) in [6.07, 6.45) is 2.14. The second-order valence-electron chi connectivity index (χ2n) is 7.10. The maximum absolute atomic E-state index is 12.7. The van der Waals surface area contributed by atoms with E-state index in [9.17, 15) is 18.0 Å². The van der Waals surface area contributed by atoms with Gasteiger partial charge in [0.2, 0.25) is 10.0 Å².